The molecular formula is C22H34N4O2S2. The van der Waals surface area contributed by atoms with Gasteiger partial charge in [0.1, 0.15) is 12.4 Å². The molecule has 1 aromatic carbocycles. The van der Waals surface area contributed by atoms with Crippen LogP contribution in [0.1, 0.15) is 51.4 Å². The molecule has 30 heavy (non-hydrogen) atoms. The summed E-state index contributed by atoms with van der Waals surface area (Å²) in [6.07, 6.45) is 8.66. The lowest BCUT2D eigenvalue weighted by Crippen LogP contribution is -2.32. The lowest BCUT2D eigenvalue weighted by Gasteiger charge is -2.25. The number of hydrogen-bond donors (Lipinski definition) is 3. The number of aliphatic hydroxyl groups is 1. The van der Waals surface area contributed by atoms with E-state index in [0.717, 1.165) is 43.7 Å². The zero-order valence-corrected chi connectivity index (χ0v) is 19.4. The quantitative estimate of drug-likeness (QED) is 0.262. The summed E-state index contributed by atoms with van der Waals surface area (Å²) in [5.41, 5.74) is 6.23. The highest BCUT2D eigenvalue weighted by atomic mass is 32.2. The molecule has 1 saturated heterocycles. The number of nitrogens with one attached hydrogen (secondary N) is 1. The Balaban J connectivity index is 1.43. The topological polar surface area (TPSA) is 83.1 Å². The number of amidine groups is 1. The van der Waals surface area contributed by atoms with Gasteiger partial charge in [-0.25, -0.2) is 0 Å². The third-order valence-corrected chi connectivity index (χ3v) is 7.22. The van der Waals surface area contributed by atoms with E-state index in [4.69, 9.17) is 22.7 Å². The number of rotatable bonds is 6. The first kappa shape index (κ1) is 23.3. The van der Waals surface area contributed by atoms with Crippen LogP contribution in [0.4, 0.5) is 5.69 Å². The molecule has 0 amide bonds. The molecule has 1 atom stereocenters. The minimum absolute atomic E-state index is 0.314. The van der Waals surface area contributed by atoms with E-state index < -0.39 is 5.60 Å². The Kier molecular flexibility index (Phi) is 8.80. The number of hydrogen-bond acceptors (Lipinski definition) is 5. The normalized spacial score (nSPS) is 22.5. The Morgan fingerprint density at radius 1 is 1.27 bits per heavy atom. The van der Waals surface area contributed by atoms with Crippen LogP contribution < -0.4 is 15.8 Å². The number of likely N-dealkylation sites (N-methyl/N-ethyl adjacent to an activating group) is 1. The van der Waals surface area contributed by atoms with Gasteiger partial charge in [0.05, 0.1) is 5.60 Å². The second kappa shape index (κ2) is 11.3. The molecule has 0 bridgehead atoms. The Hall–Kier alpha value is -1.35. The molecule has 0 radical (unpaired) electrons. The predicted octanol–water partition coefficient (Wildman–Crippen LogP) is 3.99. The Bertz CT molecular complexity index is 718. The minimum atomic E-state index is -0.639. The predicted molar refractivity (Wildman–Crippen MR) is 131 cm³/mol. The number of thioether (sulfide) groups is 1. The molecule has 4 N–H and O–H groups in total. The van der Waals surface area contributed by atoms with Crippen LogP contribution in [0.3, 0.4) is 0 Å². The van der Waals surface area contributed by atoms with E-state index in [-0.39, 0.29) is 0 Å². The number of aliphatic imine (C=N–C) groups is 1. The van der Waals surface area contributed by atoms with E-state index in [9.17, 15) is 5.11 Å². The number of nitrogens with two attached hydrogens (primary N) is 1. The first-order valence-corrected chi connectivity index (χ1v) is 12.3. The Labute approximate surface area is 189 Å². The van der Waals surface area contributed by atoms with E-state index in [1.165, 1.54) is 37.4 Å². The molecule has 1 heterocycles. The van der Waals surface area contributed by atoms with Crippen molar-refractivity contribution in [1.82, 2.24) is 4.90 Å². The van der Waals surface area contributed by atoms with E-state index in [1.54, 1.807) is 0 Å². The van der Waals surface area contributed by atoms with Gasteiger partial charge in [0.2, 0.25) is 0 Å². The van der Waals surface area contributed by atoms with Gasteiger partial charge in [-0.2, -0.15) is 4.99 Å². The van der Waals surface area contributed by atoms with Gasteiger partial charge in [0.25, 0.3) is 0 Å². The fraction of sp³-hybridized carbons (Fsp3) is 0.636. The molecule has 8 heteroatoms. The average Bonchev–Trinajstić information content (AvgIpc) is 3.00. The van der Waals surface area contributed by atoms with Crippen LogP contribution in [0.15, 0.2) is 29.3 Å². The highest BCUT2D eigenvalue weighted by molar-refractivity contribution is 8.13. The average molecular weight is 451 g/mol. The van der Waals surface area contributed by atoms with Crippen LogP contribution in [-0.4, -0.2) is 57.9 Å². The lowest BCUT2D eigenvalue weighted by atomic mass is 9.97. The smallest absolute Gasteiger partial charge is 0.199 e. The first-order chi connectivity index (χ1) is 14.4. The maximum Gasteiger partial charge on any atom is 0.199 e. The Morgan fingerprint density at radius 3 is 2.60 bits per heavy atom. The highest BCUT2D eigenvalue weighted by Gasteiger charge is 2.28. The standard InChI is InChI=1S/C22H34N4O2S2/c1-26-14-6-7-18(26)15-28-19-10-8-17(9-11-19)24-21(29)25-20(23)30-16-22(27)12-4-2-3-5-13-22/h8-11,18,27H,2-7,12-16H2,1H3,(H3,23,24,25,29)/t18-/m0/s1. The summed E-state index contributed by atoms with van der Waals surface area (Å²) in [6, 6.07) is 8.22. The summed E-state index contributed by atoms with van der Waals surface area (Å²) in [6.45, 7) is 1.86. The van der Waals surface area contributed by atoms with E-state index >= 15 is 0 Å². The van der Waals surface area contributed by atoms with Gasteiger partial charge in [-0.3, -0.25) is 0 Å². The third kappa shape index (κ3) is 7.41. The monoisotopic (exact) mass is 450 g/mol. The van der Waals surface area contributed by atoms with Crippen LogP contribution in [0.5, 0.6) is 5.75 Å². The molecule has 1 saturated carbocycles. The van der Waals surface area contributed by atoms with Crippen molar-refractivity contribution in [2.24, 2.45) is 10.7 Å². The molecule has 1 aromatic rings. The largest absolute Gasteiger partial charge is 0.492 e. The lowest BCUT2D eigenvalue weighted by molar-refractivity contribution is 0.0496. The molecule has 0 aromatic heterocycles. The molecule has 0 spiro atoms. The molecule has 2 fully saturated rings. The van der Waals surface area contributed by atoms with Crippen LogP contribution in [0.25, 0.3) is 0 Å². The summed E-state index contributed by atoms with van der Waals surface area (Å²) in [5, 5.41) is 14.5. The summed E-state index contributed by atoms with van der Waals surface area (Å²) < 4.78 is 5.92. The van der Waals surface area contributed by atoms with Crippen LogP contribution in [0.2, 0.25) is 0 Å². The highest BCUT2D eigenvalue weighted by Crippen LogP contribution is 2.30. The van der Waals surface area contributed by atoms with Crippen LogP contribution in [0, 0.1) is 0 Å². The fourth-order valence-corrected chi connectivity index (χ4v) is 5.17. The van der Waals surface area contributed by atoms with Gasteiger partial charge in [-0.15, -0.1) is 0 Å². The van der Waals surface area contributed by atoms with Crippen molar-refractivity contribution in [2.75, 3.05) is 31.3 Å². The van der Waals surface area contributed by atoms with Crippen molar-refractivity contribution < 1.29 is 9.84 Å². The number of benzene rings is 1. The molecule has 1 aliphatic carbocycles. The van der Waals surface area contributed by atoms with Crippen molar-refractivity contribution >= 4 is 39.9 Å². The zero-order valence-electron chi connectivity index (χ0n) is 17.8. The second-order valence-corrected chi connectivity index (χ2v) is 9.80. The Morgan fingerprint density at radius 2 is 1.97 bits per heavy atom. The van der Waals surface area contributed by atoms with Crippen molar-refractivity contribution in [1.29, 1.82) is 0 Å². The molecule has 3 rings (SSSR count). The maximum atomic E-state index is 10.7. The van der Waals surface area contributed by atoms with Gasteiger partial charge >= 0.3 is 0 Å². The summed E-state index contributed by atoms with van der Waals surface area (Å²) in [5.74, 6) is 1.41. The van der Waals surface area contributed by atoms with Crippen molar-refractivity contribution in [2.45, 2.75) is 63.0 Å². The van der Waals surface area contributed by atoms with Crippen LogP contribution >= 0.6 is 24.0 Å². The molecule has 0 unspecified atom stereocenters. The summed E-state index contributed by atoms with van der Waals surface area (Å²) in [4.78, 5) is 6.61. The number of anilines is 1. The van der Waals surface area contributed by atoms with Crippen molar-refractivity contribution in [3.8, 4) is 5.75 Å². The van der Waals surface area contributed by atoms with E-state index in [2.05, 4.69) is 22.3 Å². The van der Waals surface area contributed by atoms with Crippen molar-refractivity contribution in [3.63, 3.8) is 0 Å². The molecule has 2 aliphatic rings. The van der Waals surface area contributed by atoms with E-state index in [0.29, 0.717) is 28.7 Å². The number of thiocarbonyl (C=S) groups is 1. The van der Waals surface area contributed by atoms with Gasteiger partial charge in [0, 0.05) is 17.5 Å². The first-order valence-electron chi connectivity index (χ1n) is 10.9. The van der Waals surface area contributed by atoms with Crippen LogP contribution in [-0.2, 0) is 0 Å². The molecule has 6 nitrogen and oxygen atoms in total. The SMILES string of the molecule is CN1CCC[C@H]1COc1ccc(NC(=S)/N=C(\N)SCC2(O)CCCCCC2)cc1. The number of likely N-dealkylation sites (tertiary alicyclic amines) is 1. The van der Waals surface area contributed by atoms with Gasteiger partial charge in [-0.05, 0) is 75.8 Å². The van der Waals surface area contributed by atoms with E-state index in [1.807, 2.05) is 24.3 Å². The fourth-order valence-electron chi connectivity index (χ4n) is 4.04. The number of nitrogens with zero attached hydrogens (tertiary/aromatic N) is 2. The van der Waals surface area contributed by atoms with Crippen molar-refractivity contribution in [3.05, 3.63) is 24.3 Å². The molecule has 1 aliphatic heterocycles. The zero-order chi connectivity index (χ0) is 21.4. The number of ether oxygens (including phenoxy) is 1. The van der Waals surface area contributed by atoms with Gasteiger partial charge in [0.15, 0.2) is 10.3 Å². The molecular weight excluding hydrogens is 416 g/mol. The van der Waals surface area contributed by atoms with Gasteiger partial charge < -0.3 is 25.8 Å². The maximum absolute atomic E-state index is 10.7. The molecule has 166 valence electrons. The van der Waals surface area contributed by atoms with Gasteiger partial charge in [-0.1, -0.05) is 37.4 Å². The minimum Gasteiger partial charge on any atom is -0.492 e. The summed E-state index contributed by atoms with van der Waals surface area (Å²) in [7, 11) is 2.15. The summed E-state index contributed by atoms with van der Waals surface area (Å²) >= 11 is 6.69. The second-order valence-electron chi connectivity index (χ2n) is 8.42. The third-order valence-electron chi connectivity index (χ3n) is 5.95.